The maximum Gasteiger partial charge on any atom is 0.348 e. The molecule has 34 heavy (non-hydrogen) atoms. The summed E-state index contributed by atoms with van der Waals surface area (Å²) in [6.45, 7) is 6.12. The molecule has 2 aromatic heterocycles. The molecule has 0 radical (unpaired) electrons. The van der Waals surface area contributed by atoms with Gasteiger partial charge in [0.2, 0.25) is 5.91 Å². The predicted octanol–water partition coefficient (Wildman–Crippen LogP) is 6.54. The summed E-state index contributed by atoms with van der Waals surface area (Å²) in [6, 6.07) is 9.45. The van der Waals surface area contributed by atoms with Crippen LogP contribution in [0.25, 0.3) is 10.4 Å². The molecule has 0 spiro atoms. The molecule has 0 bridgehead atoms. The molecule has 3 aromatic rings. The first-order valence-electron chi connectivity index (χ1n) is 11.6. The standard InChI is InChI=1S/C27H28N2O3S2/c1-17(2)29(26(30)21-9-4-18(3)5-10-21)22-16-23(34-25(22)27(31)32)20-11-6-19(7-12-20)8-13-24-28-14-15-33-24/h6-7,11-12,14-18,21H,4-5,9-10H2,1-3H3,(H,31,32)/t18-,21-. The molecule has 4 rings (SSSR count). The van der Waals surface area contributed by atoms with Crippen molar-refractivity contribution in [1.82, 2.24) is 4.98 Å². The third kappa shape index (κ3) is 5.40. The number of benzene rings is 1. The summed E-state index contributed by atoms with van der Waals surface area (Å²) >= 11 is 2.71. The average molecular weight is 493 g/mol. The summed E-state index contributed by atoms with van der Waals surface area (Å²) in [5.74, 6) is 5.78. The highest BCUT2D eigenvalue weighted by Gasteiger charge is 2.33. The monoisotopic (exact) mass is 492 g/mol. The molecule has 1 fully saturated rings. The number of aromatic carboxylic acids is 1. The van der Waals surface area contributed by atoms with Gasteiger partial charge in [-0.25, -0.2) is 9.78 Å². The number of hydrogen-bond donors (Lipinski definition) is 1. The zero-order valence-electron chi connectivity index (χ0n) is 19.6. The lowest BCUT2D eigenvalue weighted by Crippen LogP contribution is -2.42. The van der Waals surface area contributed by atoms with Crippen LogP contribution in [0.5, 0.6) is 0 Å². The largest absolute Gasteiger partial charge is 0.477 e. The Morgan fingerprint density at radius 2 is 1.82 bits per heavy atom. The van der Waals surface area contributed by atoms with Gasteiger partial charge in [0.05, 0.1) is 5.69 Å². The van der Waals surface area contributed by atoms with Gasteiger partial charge in [-0.3, -0.25) is 4.79 Å². The van der Waals surface area contributed by atoms with Gasteiger partial charge in [-0.2, -0.15) is 0 Å². The Labute approximate surface area is 208 Å². The van der Waals surface area contributed by atoms with E-state index in [1.165, 1.54) is 22.7 Å². The highest BCUT2D eigenvalue weighted by molar-refractivity contribution is 7.18. The second kappa shape index (κ2) is 10.5. The van der Waals surface area contributed by atoms with Gasteiger partial charge in [-0.1, -0.05) is 25.0 Å². The van der Waals surface area contributed by atoms with Gasteiger partial charge in [0.25, 0.3) is 0 Å². The third-order valence-electron chi connectivity index (χ3n) is 6.20. The van der Waals surface area contributed by atoms with Crippen LogP contribution in [0.2, 0.25) is 0 Å². The number of carboxylic acids is 1. The number of nitrogens with zero attached hydrogens (tertiary/aromatic N) is 2. The van der Waals surface area contributed by atoms with Crippen molar-refractivity contribution in [3.63, 3.8) is 0 Å². The van der Waals surface area contributed by atoms with Crippen LogP contribution < -0.4 is 4.90 Å². The smallest absolute Gasteiger partial charge is 0.348 e. The fourth-order valence-electron chi connectivity index (χ4n) is 4.34. The van der Waals surface area contributed by atoms with Crippen molar-refractivity contribution in [3.8, 4) is 22.3 Å². The Balaban J connectivity index is 1.62. The van der Waals surface area contributed by atoms with E-state index in [-0.39, 0.29) is 22.7 Å². The van der Waals surface area contributed by atoms with Crippen molar-refractivity contribution in [2.45, 2.75) is 52.5 Å². The van der Waals surface area contributed by atoms with Gasteiger partial charge in [-0.05, 0) is 75.1 Å². The van der Waals surface area contributed by atoms with Gasteiger partial charge in [0, 0.05) is 34.0 Å². The molecule has 5 nitrogen and oxygen atoms in total. The number of thiazole rings is 1. The molecule has 0 aliphatic heterocycles. The normalized spacial score (nSPS) is 17.8. The SMILES string of the molecule is CC(C)N(c1cc(-c2ccc(C#Cc3nccs3)cc2)sc1C(=O)O)C(=O)[C@H]1CC[C@H](C)CC1. The van der Waals surface area contributed by atoms with Crippen molar-refractivity contribution >= 4 is 40.2 Å². The van der Waals surface area contributed by atoms with E-state index in [0.29, 0.717) is 11.6 Å². The number of thiophene rings is 1. The van der Waals surface area contributed by atoms with Crippen molar-refractivity contribution < 1.29 is 14.7 Å². The fraction of sp³-hybridized carbons (Fsp3) is 0.370. The molecule has 176 valence electrons. The Hall–Kier alpha value is -2.95. The van der Waals surface area contributed by atoms with Crippen LogP contribution in [0.3, 0.4) is 0 Å². The lowest BCUT2D eigenvalue weighted by Gasteiger charge is -2.33. The Morgan fingerprint density at radius 3 is 2.41 bits per heavy atom. The summed E-state index contributed by atoms with van der Waals surface area (Å²) in [5.41, 5.74) is 2.26. The summed E-state index contributed by atoms with van der Waals surface area (Å²) < 4.78 is 0. The second-order valence-corrected chi connectivity index (χ2v) is 11.0. The molecule has 1 amide bonds. The molecule has 1 aromatic carbocycles. The minimum Gasteiger partial charge on any atom is -0.477 e. The van der Waals surface area contributed by atoms with Crippen LogP contribution in [0, 0.1) is 23.7 Å². The van der Waals surface area contributed by atoms with E-state index < -0.39 is 5.97 Å². The van der Waals surface area contributed by atoms with E-state index in [1.807, 2.05) is 49.6 Å². The number of aromatic nitrogens is 1. The third-order valence-corrected chi connectivity index (χ3v) is 8.05. The van der Waals surface area contributed by atoms with Crippen molar-refractivity contribution in [2.75, 3.05) is 4.90 Å². The molecule has 1 aliphatic rings. The Morgan fingerprint density at radius 1 is 1.12 bits per heavy atom. The first-order valence-corrected chi connectivity index (χ1v) is 13.2. The summed E-state index contributed by atoms with van der Waals surface area (Å²) in [5, 5.41) is 12.6. The second-order valence-electron chi connectivity index (χ2n) is 9.05. The molecule has 0 saturated heterocycles. The molecule has 0 atom stereocenters. The first kappa shape index (κ1) is 24.2. The van der Waals surface area contributed by atoms with Gasteiger partial charge < -0.3 is 10.0 Å². The van der Waals surface area contributed by atoms with E-state index in [4.69, 9.17) is 0 Å². The van der Waals surface area contributed by atoms with Crippen LogP contribution >= 0.6 is 22.7 Å². The average Bonchev–Trinajstić information content (AvgIpc) is 3.49. The van der Waals surface area contributed by atoms with Crippen molar-refractivity contribution in [3.05, 3.63) is 57.4 Å². The van der Waals surface area contributed by atoms with Crippen LogP contribution in [0.4, 0.5) is 5.69 Å². The zero-order chi connectivity index (χ0) is 24.2. The molecule has 7 heteroatoms. The molecular weight excluding hydrogens is 464 g/mol. The number of anilines is 1. The van der Waals surface area contributed by atoms with Crippen LogP contribution in [0.1, 0.15) is 66.7 Å². The number of rotatable bonds is 5. The Kier molecular flexibility index (Phi) is 7.50. The minimum absolute atomic E-state index is 0.0423. The van der Waals surface area contributed by atoms with Crippen LogP contribution in [-0.4, -0.2) is 28.0 Å². The van der Waals surface area contributed by atoms with Crippen LogP contribution in [0.15, 0.2) is 41.9 Å². The maximum atomic E-state index is 13.5. The van der Waals surface area contributed by atoms with Crippen molar-refractivity contribution in [1.29, 1.82) is 0 Å². The van der Waals surface area contributed by atoms with Crippen LogP contribution in [-0.2, 0) is 4.79 Å². The number of carbonyl (C=O) groups excluding carboxylic acids is 1. The molecule has 2 heterocycles. The minimum atomic E-state index is -1.01. The number of carbonyl (C=O) groups is 2. The van der Waals surface area contributed by atoms with Gasteiger partial charge in [-0.15, -0.1) is 22.7 Å². The van der Waals surface area contributed by atoms with E-state index in [9.17, 15) is 14.7 Å². The topological polar surface area (TPSA) is 70.5 Å². The molecule has 1 aliphatic carbocycles. The quantitative estimate of drug-likeness (QED) is 0.411. The molecular formula is C27H28N2O3S2. The lowest BCUT2D eigenvalue weighted by molar-refractivity contribution is -0.123. The van der Waals surface area contributed by atoms with Gasteiger partial charge in [0.15, 0.2) is 5.01 Å². The van der Waals surface area contributed by atoms with Gasteiger partial charge in [0.1, 0.15) is 4.88 Å². The molecule has 0 unspecified atom stereocenters. The fourth-order valence-corrected chi connectivity index (χ4v) is 5.82. The number of hydrogen-bond acceptors (Lipinski definition) is 5. The van der Waals surface area contributed by atoms with Gasteiger partial charge >= 0.3 is 5.97 Å². The lowest BCUT2D eigenvalue weighted by atomic mass is 9.82. The summed E-state index contributed by atoms with van der Waals surface area (Å²) in [7, 11) is 0. The van der Waals surface area contributed by atoms with E-state index >= 15 is 0 Å². The highest BCUT2D eigenvalue weighted by atomic mass is 32.1. The highest BCUT2D eigenvalue weighted by Crippen LogP contribution is 2.40. The van der Waals surface area contributed by atoms with E-state index in [2.05, 4.69) is 23.7 Å². The van der Waals surface area contributed by atoms with Crippen molar-refractivity contribution in [2.24, 2.45) is 11.8 Å². The number of carboxylic acid groups (broad SMARTS) is 1. The maximum absolute atomic E-state index is 13.5. The summed E-state index contributed by atoms with van der Waals surface area (Å²) in [4.78, 5) is 32.5. The summed E-state index contributed by atoms with van der Waals surface area (Å²) in [6.07, 6.45) is 5.55. The predicted molar refractivity (Wildman–Crippen MR) is 139 cm³/mol. The zero-order valence-corrected chi connectivity index (χ0v) is 21.2. The molecule has 1 saturated carbocycles. The Bertz CT molecular complexity index is 1210. The molecule has 1 N–H and O–H groups in total. The number of amides is 1. The van der Waals surface area contributed by atoms with E-state index in [0.717, 1.165) is 46.7 Å². The first-order chi connectivity index (χ1) is 16.3. The van der Waals surface area contributed by atoms with E-state index in [1.54, 1.807) is 11.1 Å².